The van der Waals surface area contributed by atoms with Crippen LogP contribution in [0.3, 0.4) is 0 Å². The largest absolute Gasteiger partial charge is 0.465 e. The standard InChI is InChI=1S/C19H23N3O5S/c1-13(23)22-9-7-14(8-10-22)18(24)21-16-5-6-17(19(25)26-2)15(12-16)4-3-11-27-28-20/h5-6,12,14H,7-11,20H2,1-2H3,(H,21,24). The lowest BCUT2D eigenvalue weighted by Crippen LogP contribution is -2.40. The molecule has 2 rings (SSSR count). The summed E-state index contributed by atoms with van der Waals surface area (Å²) in [5, 5.41) is 8.03. The van der Waals surface area contributed by atoms with Crippen LogP contribution < -0.4 is 10.5 Å². The molecule has 1 heterocycles. The monoisotopic (exact) mass is 405 g/mol. The Morgan fingerprint density at radius 1 is 1.32 bits per heavy atom. The number of piperidine rings is 1. The van der Waals surface area contributed by atoms with E-state index in [-0.39, 0.29) is 24.3 Å². The molecule has 9 heteroatoms. The van der Waals surface area contributed by atoms with Crippen LogP contribution in [0.15, 0.2) is 18.2 Å². The molecule has 2 amide bonds. The molecule has 1 aromatic rings. The zero-order valence-corrected chi connectivity index (χ0v) is 16.6. The molecule has 0 saturated carbocycles. The third kappa shape index (κ3) is 5.99. The van der Waals surface area contributed by atoms with E-state index in [4.69, 9.17) is 14.1 Å². The first kappa shape index (κ1) is 21.8. The highest BCUT2D eigenvalue weighted by atomic mass is 32.2. The molecule has 1 aliphatic heterocycles. The summed E-state index contributed by atoms with van der Waals surface area (Å²) in [7, 11) is 1.29. The minimum absolute atomic E-state index is 0.0255. The van der Waals surface area contributed by atoms with Gasteiger partial charge in [0, 0.05) is 37.2 Å². The van der Waals surface area contributed by atoms with Crippen molar-refractivity contribution in [2.24, 2.45) is 11.1 Å². The average molecular weight is 405 g/mol. The number of nitrogens with zero attached hydrogens (tertiary/aromatic N) is 1. The van der Waals surface area contributed by atoms with Gasteiger partial charge >= 0.3 is 5.97 Å². The molecule has 0 unspecified atom stereocenters. The van der Waals surface area contributed by atoms with Gasteiger partial charge in [0.25, 0.3) is 0 Å². The maximum Gasteiger partial charge on any atom is 0.339 e. The minimum Gasteiger partial charge on any atom is -0.465 e. The van der Waals surface area contributed by atoms with Crippen molar-refractivity contribution in [1.82, 2.24) is 4.90 Å². The third-order valence-corrected chi connectivity index (χ3v) is 4.68. The van der Waals surface area contributed by atoms with Crippen molar-refractivity contribution in [3.8, 4) is 11.8 Å². The van der Waals surface area contributed by atoms with Crippen LogP contribution in [-0.4, -0.2) is 49.5 Å². The van der Waals surface area contributed by atoms with Gasteiger partial charge in [-0.05, 0) is 31.0 Å². The van der Waals surface area contributed by atoms with Crippen molar-refractivity contribution in [2.45, 2.75) is 19.8 Å². The lowest BCUT2D eigenvalue weighted by molar-refractivity contribution is -0.132. The number of esters is 1. The van der Waals surface area contributed by atoms with Crippen molar-refractivity contribution in [1.29, 1.82) is 0 Å². The highest BCUT2D eigenvalue weighted by molar-refractivity contribution is 7.92. The van der Waals surface area contributed by atoms with Gasteiger partial charge in [-0.25, -0.2) is 4.79 Å². The summed E-state index contributed by atoms with van der Waals surface area (Å²) in [6.07, 6.45) is 1.23. The van der Waals surface area contributed by atoms with Crippen LogP contribution in [0.5, 0.6) is 0 Å². The first-order valence-corrected chi connectivity index (χ1v) is 9.52. The number of hydrogen-bond donors (Lipinski definition) is 2. The van der Waals surface area contributed by atoms with Gasteiger partial charge in [0.2, 0.25) is 11.8 Å². The molecule has 1 aliphatic rings. The van der Waals surface area contributed by atoms with E-state index in [2.05, 4.69) is 17.2 Å². The molecule has 150 valence electrons. The molecule has 0 radical (unpaired) electrons. The van der Waals surface area contributed by atoms with E-state index in [0.717, 1.165) is 0 Å². The number of likely N-dealkylation sites (tertiary alicyclic amines) is 1. The molecule has 1 aromatic carbocycles. The fourth-order valence-corrected chi connectivity index (χ4v) is 3.04. The van der Waals surface area contributed by atoms with E-state index in [1.54, 1.807) is 23.1 Å². The van der Waals surface area contributed by atoms with Gasteiger partial charge in [0.05, 0.1) is 24.9 Å². The lowest BCUT2D eigenvalue weighted by Gasteiger charge is -2.30. The van der Waals surface area contributed by atoms with E-state index in [1.165, 1.54) is 14.0 Å². The van der Waals surface area contributed by atoms with Gasteiger partial charge in [-0.1, -0.05) is 11.8 Å². The number of rotatable bonds is 5. The van der Waals surface area contributed by atoms with Crippen molar-refractivity contribution in [3.05, 3.63) is 29.3 Å². The zero-order valence-electron chi connectivity index (χ0n) is 15.8. The Balaban J connectivity index is 2.10. The number of carbonyl (C=O) groups is 3. The second-order valence-electron chi connectivity index (χ2n) is 6.18. The number of nitrogens with two attached hydrogens (primary N) is 1. The molecule has 0 aliphatic carbocycles. The van der Waals surface area contributed by atoms with Crippen LogP contribution in [0.4, 0.5) is 5.69 Å². The molecule has 0 atom stereocenters. The number of ether oxygens (including phenoxy) is 1. The second-order valence-corrected chi connectivity index (χ2v) is 6.61. The summed E-state index contributed by atoms with van der Waals surface area (Å²) in [4.78, 5) is 37.6. The average Bonchev–Trinajstić information content (AvgIpc) is 2.71. The van der Waals surface area contributed by atoms with Crippen molar-refractivity contribution in [2.75, 3.05) is 32.1 Å². The van der Waals surface area contributed by atoms with Crippen molar-refractivity contribution < 1.29 is 23.3 Å². The quantitative estimate of drug-likeness (QED) is 0.251. The highest BCUT2D eigenvalue weighted by Gasteiger charge is 2.26. The molecule has 28 heavy (non-hydrogen) atoms. The van der Waals surface area contributed by atoms with E-state index in [0.29, 0.717) is 55.0 Å². The number of anilines is 1. The van der Waals surface area contributed by atoms with Gasteiger partial charge < -0.3 is 15.0 Å². The molecular formula is C19H23N3O5S. The lowest BCUT2D eigenvalue weighted by atomic mass is 9.95. The van der Waals surface area contributed by atoms with E-state index < -0.39 is 5.97 Å². The van der Waals surface area contributed by atoms with Crippen molar-refractivity contribution in [3.63, 3.8) is 0 Å². The predicted octanol–water partition coefficient (Wildman–Crippen LogP) is 1.56. The summed E-state index contributed by atoms with van der Waals surface area (Å²) in [6.45, 7) is 2.77. The summed E-state index contributed by atoms with van der Waals surface area (Å²) in [5.74, 6) is 4.81. The first-order valence-electron chi connectivity index (χ1n) is 8.72. The molecule has 3 N–H and O–H groups in total. The molecule has 1 saturated heterocycles. The van der Waals surface area contributed by atoms with Crippen LogP contribution >= 0.6 is 12.2 Å². The maximum atomic E-state index is 12.6. The van der Waals surface area contributed by atoms with Crippen LogP contribution in [0.1, 0.15) is 35.7 Å². The van der Waals surface area contributed by atoms with E-state index in [9.17, 15) is 14.4 Å². The molecule has 1 fully saturated rings. The number of hydrogen-bond acceptors (Lipinski definition) is 7. The van der Waals surface area contributed by atoms with E-state index >= 15 is 0 Å². The van der Waals surface area contributed by atoms with Crippen molar-refractivity contribution >= 4 is 35.7 Å². The Morgan fingerprint density at radius 2 is 2.04 bits per heavy atom. The van der Waals surface area contributed by atoms with Gasteiger partial charge in [-0.3, -0.25) is 18.9 Å². The van der Waals surface area contributed by atoms with Crippen LogP contribution in [0, 0.1) is 17.8 Å². The molecule has 8 nitrogen and oxygen atoms in total. The SMILES string of the molecule is COC(=O)c1ccc(NC(=O)C2CCN(C(C)=O)CC2)cc1C#CCOSN. The zero-order chi connectivity index (χ0) is 20.5. The Hall–Kier alpha value is -2.54. The Morgan fingerprint density at radius 3 is 2.64 bits per heavy atom. The maximum absolute atomic E-state index is 12.6. The number of benzene rings is 1. The molecule has 0 aromatic heterocycles. The van der Waals surface area contributed by atoms with Gasteiger partial charge in [-0.2, -0.15) is 0 Å². The van der Waals surface area contributed by atoms with Gasteiger partial charge in [-0.15, -0.1) is 0 Å². The first-order chi connectivity index (χ1) is 13.5. The summed E-state index contributed by atoms with van der Waals surface area (Å²) in [5.41, 5.74) is 1.25. The smallest absolute Gasteiger partial charge is 0.339 e. The van der Waals surface area contributed by atoms with Gasteiger partial charge in [0.15, 0.2) is 0 Å². The number of methoxy groups -OCH3 is 1. The normalized spacial score (nSPS) is 14.0. The summed E-state index contributed by atoms with van der Waals surface area (Å²) in [6, 6.07) is 4.81. The topological polar surface area (TPSA) is 111 Å². The fourth-order valence-electron chi connectivity index (χ4n) is 2.91. The van der Waals surface area contributed by atoms with Crippen LogP contribution in [-0.2, 0) is 18.5 Å². The molecule has 0 bridgehead atoms. The summed E-state index contributed by atoms with van der Waals surface area (Å²) < 4.78 is 9.66. The minimum atomic E-state index is -0.520. The predicted molar refractivity (Wildman–Crippen MR) is 106 cm³/mol. The van der Waals surface area contributed by atoms with Crippen LogP contribution in [0.25, 0.3) is 0 Å². The Labute approximate surface area is 168 Å². The summed E-state index contributed by atoms with van der Waals surface area (Å²) >= 11 is 0.705. The second kappa shape index (κ2) is 10.7. The Kier molecular flexibility index (Phi) is 8.32. The van der Waals surface area contributed by atoms with Gasteiger partial charge in [0.1, 0.15) is 6.61 Å². The Bertz CT molecular complexity index is 794. The molecular weight excluding hydrogens is 382 g/mol. The number of amides is 2. The highest BCUT2D eigenvalue weighted by Crippen LogP contribution is 2.21. The molecule has 0 spiro atoms. The van der Waals surface area contributed by atoms with E-state index in [1.807, 2.05) is 0 Å². The number of carbonyl (C=O) groups excluding carboxylic acids is 3. The fraction of sp³-hybridized carbons (Fsp3) is 0.421. The third-order valence-electron chi connectivity index (χ3n) is 4.43. The number of nitrogens with one attached hydrogen (secondary N) is 1. The van der Waals surface area contributed by atoms with Crippen LogP contribution in [0.2, 0.25) is 0 Å².